The van der Waals surface area contributed by atoms with Crippen molar-refractivity contribution in [3.8, 4) is 0 Å². The summed E-state index contributed by atoms with van der Waals surface area (Å²) in [6, 6.07) is 6.59. The number of rotatable bonds is 4. The van der Waals surface area contributed by atoms with Gasteiger partial charge in [-0.1, -0.05) is 35.2 Å². The minimum atomic E-state index is -0.198. The highest BCUT2D eigenvalue weighted by atomic mass is 32.2. The molecular weight excluding hydrogens is 295 g/mol. The van der Waals surface area contributed by atoms with Crippen LogP contribution in [0.1, 0.15) is 5.56 Å². The normalized spacial score (nSPS) is 15.6. The van der Waals surface area contributed by atoms with E-state index in [1.807, 2.05) is 0 Å². The molecular formula is C13H15FN4S2. The van der Waals surface area contributed by atoms with Gasteiger partial charge in [0.05, 0.1) is 0 Å². The molecule has 1 aromatic carbocycles. The molecule has 2 aromatic rings. The Hall–Kier alpha value is -1.18. The summed E-state index contributed by atoms with van der Waals surface area (Å²) in [6.07, 6.45) is 0. The van der Waals surface area contributed by atoms with Crippen LogP contribution in [-0.2, 0) is 5.75 Å². The van der Waals surface area contributed by atoms with Gasteiger partial charge in [0.1, 0.15) is 5.82 Å². The van der Waals surface area contributed by atoms with Gasteiger partial charge in [-0.3, -0.25) is 0 Å². The first-order valence-electron chi connectivity index (χ1n) is 6.48. The first kappa shape index (κ1) is 13.8. The van der Waals surface area contributed by atoms with E-state index in [-0.39, 0.29) is 5.82 Å². The van der Waals surface area contributed by atoms with Gasteiger partial charge in [-0.05, 0) is 17.7 Å². The maximum Gasteiger partial charge on any atom is 0.209 e. The fraction of sp³-hybridized carbons (Fsp3) is 0.385. The number of benzene rings is 1. The third-order valence-electron chi connectivity index (χ3n) is 3.06. The molecule has 0 aliphatic carbocycles. The van der Waals surface area contributed by atoms with Gasteiger partial charge in [-0.2, -0.15) is 0 Å². The second-order valence-electron chi connectivity index (χ2n) is 4.50. The molecule has 0 spiro atoms. The monoisotopic (exact) mass is 310 g/mol. The number of thioether (sulfide) groups is 1. The molecule has 0 unspecified atom stereocenters. The number of nitrogens with one attached hydrogen (secondary N) is 1. The Bertz CT molecular complexity index is 552. The number of nitrogens with zero attached hydrogens (tertiary/aromatic N) is 3. The number of anilines is 1. The molecule has 106 valence electrons. The predicted octanol–water partition coefficient (Wildman–Crippen LogP) is 2.38. The molecule has 0 bridgehead atoms. The molecule has 2 heterocycles. The quantitative estimate of drug-likeness (QED) is 0.878. The molecule has 0 atom stereocenters. The zero-order valence-electron chi connectivity index (χ0n) is 10.9. The van der Waals surface area contributed by atoms with Crippen molar-refractivity contribution < 1.29 is 4.39 Å². The summed E-state index contributed by atoms with van der Waals surface area (Å²) in [5.41, 5.74) is 1.09. The molecule has 1 aliphatic rings. The van der Waals surface area contributed by atoms with E-state index < -0.39 is 0 Å². The number of halogens is 1. The van der Waals surface area contributed by atoms with Crippen LogP contribution in [0, 0.1) is 5.82 Å². The Morgan fingerprint density at radius 2 is 1.95 bits per heavy atom. The minimum Gasteiger partial charge on any atom is -0.344 e. The summed E-state index contributed by atoms with van der Waals surface area (Å²) < 4.78 is 13.8. The largest absolute Gasteiger partial charge is 0.344 e. The highest BCUT2D eigenvalue weighted by Crippen LogP contribution is 2.30. The molecule has 1 fully saturated rings. The Morgan fingerprint density at radius 1 is 1.20 bits per heavy atom. The molecule has 1 N–H and O–H groups in total. The molecule has 3 rings (SSSR count). The average Bonchev–Trinajstić information content (AvgIpc) is 2.97. The van der Waals surface area contributed by atoms with Crippen molar-refractivity contribution in [3.05, 3.63) is 35.6 Å². The summed E-state index contributed by atoms with van der Waals surface area (Å²) in [4.78, 5) is 2.26. The maximum absolute atomic E-state index is 12.8. The number of hydrogen-bond donors (Lipinski definition) is 1. The van der Waals surface area contributed by atoms with Crippen LogP contribution in [0.3, 0.4) is 0 Å². The Kier molecular flexibility index (Phi) is 4.49. The Balaban J connectivity index is 1.58. The fourth-order valence-electron chi connectivity index (χ4n) is 1.97. The summed E-state index contributed by atoms with van der Waals surface area (Å²) in [7, 11) is 0. The van der Waals surface area contributed by atoms with E-state index in [0.29, 0.717) is 0 Å². The predicted molar refractivity (Wildman–Crippen MR) is 81.0 cm³/mol. The van der Waals surface area contributed by atoms with Crippen LogP contribution < -0.4 is 10.2 Å². The SMILES string of the molecule is Fc1ccc(CSc2nnc(N3CCNCC3)s2)cc1. The van der Waals surface area contributed by atoms with Gasteiger partial charge in [0.2, 0.25) is 5.13 Å². The van der Waals surface area contributed by atoms with Gasteiger partial charge in [-0.15, -0.1) is 10.2 Å². The number of aromatic nitrogens is 2. The second kappa shape index (κ2) is 6.51. The molecule has 0 radical (unpaired) electrons. The highest BCUT2D eigenvalue weighted by Gasteiger charge is 2.15. The van der Waals surface area contributed by atoms with Crippen LogP contribution >= 0.6 is 23.1 Å². The summed E-state index contributed by atoms with van der Waals surface area (Å²) >= 11 is 3.27. The van der Waals surface area contributed by atoms with Gasteiger partial charge >= 0.3 is 0 Å². The number of piperazine rings is 1. The molecule has 0 saturated carbocycles. The lowest BCUT2D eigenvalue weighted by Gasteiger charge is -2.26. The lowest BCUT2D eigenvalue weighted by molar-refractivity contribution is 0.586. The zero-order valence-corrected chi connectivity index (χ0v) is 12.5. The van der Waals surface area contributed by atoms with E-state index in [1.54, 1.807) is 35.2 Å². The van der Waals surface area contributed by atoms with Gasteiger partial charge in [0.25, 0.3) is 0 Å². The molecule has 0 amide bonds. The first-order valence-corrected chi connectivity index (χ1v) is 8.28. The summed E-state index contributed by atoms with van der Waals surface area (Å²) in [6.45, 7) is 3.96. The molecule has 20 heavy (non-hydrogen) atoms. The summed E-state index contributed by atoms with van der Waals surface area (Å²) in [5.74, 6) is 0.590. The zero-order chi connectivity index (χ0) is 13.8. The molecule has 1 aliphatic heterocycles. The minimum absolute atomic E-state index is 0.198. The maximum atomic E-state index is 12.8. The van der Waals surface area contributed by atoms with Crippen LogP contribution in [0.5, 0.6) is 0 Å². The fourth-order valence-corrected chi connectivity index (χ4v) is 3.82. The highest BCUT2D eigenvalue weighted by molar-refractivity contribution is 8.00. The van der Waals surface area contributed by atoms with Gasteiger partial charge < -0.3 is 10.2 Å². The van der Waals surface area contributed by atoms with Crippen molar-refractivity contribution in [2.45, 2.75) is 10.1 Å². The van der Waals surface area contributed by atoms with Gasteiger partial charge in [-0.25, -0.2) is 4.39 Å². The van der Waals surface area contributed by atoms with Crippen molar-refractivity contribution in [1.29, 1.82) is 0 Å². The van der Waals surface area contributed by atoms with Crippen LogP contribution in [0.15, 0.2) is 28.6 Å². The van der Waals surface area contributed by atoms with Crippen LogP contribution in [0.25, 0.3) is 0 Å². The standard InChI is InChI=1S/C13H15FN4S2/c14-11-3-1-10(2-4-11)9-19-13-17-16-12(20-13)18-7-5-15-6-8-18/h1-4,15H,5-9H2. The van der Waals surface area contributed by atoms with Crippen molar-refractivity contribution in [1.82, 2.24) is 15.5 Å². The topological polar surface area (TPSA) is 41.1 Å². The van der Waals surface area contributed by atoms with Crippen molar-refractivity contribution in [2.75, 3.05) is 31.1 Å². The van der Waals surface area contributed by atoms with Crippen molar-refractivity contribution in [3.63, 3.8) is 0 Å². The first-order chi connectivity index (χ1) is 9.81. The van der Waals surface area contributed by atoms with Crippen molar-refractivity contribution in [2.24, 2.45) is 0 Å². The molecule has 1 aromatic heterocycles. The van der Waals surface area contributed by atoms with Crippen LogP contribution in [-0.4, -0.2) is 36.4 Å². The third-order valence-corrected chi connectivity index (χ3v) is 5.25. The van der Waals surface area contributed by atoms with Crippen LogP contribution in [0.2, 0.25) is 0 Å². The number of hydrogen-bond acceptors (Lipinski definition) is 6. The molecule has 7 heteroatoms. The molecule has 1 saturated heterocycles. The smallest absolute Gasteiger partial charge is 0.209 e. The summed E-state index contributed by atoms with van der Waals surface area (Å²) in [5, 5.41) is 12.8. The van der Waals surface area contributed by atoms with E-state index in [2.05, 4.69) is 20.4 Å². The molecule has 4 nitrogen and oxygen atoms in total. The van der Waals surface area contributed by atoms with E-state index in [4.69, 9.17) is 0 Å². The Morgan fingerprint density at radius 3 is 2.70 bits per heavy atom. The van der Waals surface area contributed by atoms with E-state index >= 15 is 0 Å². The van der Waals surface area contributed by atoms with Gasteiger partial charge in [0, 0.05) is 31.9 Å². The van der Waals surface area contributed by atoms with Crippen LogP contribution in [0.4, 0.5) is 9.52 Å². The average molecular weight is 310 g/mol. The second-order valence-corrected chi connectivity index (χ2v) is 6.68. The lowest BCUT2D eigenvalue weighted by Crippen LogP contribution is -2.43. The lowest BCUT2D eigenvalue weighted by atomic mass is 10.2. The third kappa shape index (κ3) is 3.47. The van der Waals surface area contributed by atoms with Gasteiger partial charge in [0.15, 0.2) is 4.34 Å². The van der Waals surface area contributed by atoms with Crippen molar-refractivity contribution >= 4 is 28.2 Å². The van der Waals surface area contributed by atoms with E-state index in [0.717, 1.165) is 47.0 Å². The Labute approximate surface area is 125 Å². The van der Waals surface area contributed by atoms with E-state index in [1.165, 1.54) is 12.1 Å². The van der Waals surface area contributed by atoms with E-state index in [9.17, 15) is 4.39 Å².